The molecule has 10 nitrogen and oxygen atoms in total. The van der Waals surface area contributed by atoms with Gasteiger partial charge in [-0.15, -0.1) is 11.3 Å². The summed E-state index contributed by atoms with van der Waals surface area (Å²) in [5, 5.41) is 10.8. The molecule has 0 radical (unpaired) electrons. The molecular weight excluding hydrogens is 476 g/mol. The van der Waals surface area contributed by atoms with Crippen LogP contribution in [0.5, 0.6) is 0 Å². The Labute approximate surface area is 204 Å². The van der Waals surface area contributed by atoms with Gasteiger partial charge in [-0.1, -0.05) is 6.07 Å². The highest BCUT2D eigenvalue weighted by atomic mass is 32.1. The number of amides is 1. The number of nitrogens with zero attached hydrogens (tertiary/aromatic N) is 4. The van der Waals surface area contributed by atoms with Crippen LogP contribution in [0.1, 0.15) is 15.2 Å². The van der Waals surface area contributed by atoms with Gasteiger partial charge in [-0.05, 0) is 23.6 Å². The second-order valence-corrected chi connectivity index (χ2v) is 8.71. The molecule has 13 heteroatoms. The maximum Gasteiger partial charge on any atom is 0.279 e. The van der Waals surface area contributed by atoms with E-state index in [-0.39, 0.29) is 17.7 Å². The number of anilines is 4. The van der Waals surface area contributed by atoms with Crippen molar-refractivity contribution in [2.75, 3.05) is 60.6 Å². The average molecular weight is 503 g/mol. The van der Waals surface area contributed by atoms with Crippen molar-refractivity contribution in [1.29, 1.82) is 0 Å². The van der Waals surface area contributed by atoms with E-state index in [1.54, 1.807) is 17.5 Å². The Kier molecular flexibility index (Phi) is 7.67. The van der Waals surface area contributed by atoms with Crippen LogP contribution in [-0.2, 0) is 0 Å². The third-order valence-corrected chi connectivity index (χ3v) is 6.38. The van der Waals surface area contributed by atoms with Gasteiger partial charge in [-0.25, -0.2) is 8.78 Å². The van der Waals surface area contributed by atoms with Gasteiger partial charge in [0.1, 0.15) is 23.0 Å². The summed E-state index contributed by atoms with van der Waals surface area (Å²) in [5.74, 6) is -0.737. The van der Waals surface area contributed by atoms with E-state index in [2.05, 4.69) is 31.0 Å². The second-order valence-electron chi connectivity index (χ2n) is 7.77. The maximum atomic E-state index is 14.1. The SMILES string of the molecule is Nc1nc(NCCN2CCN(c3ccc(F)cc3F)CC2)c(C=[NH2+])c(NNC(=O)c2cccs2)n1. The number of halogens is 2. The van der Waals surface area contributed by atoms with Crippen molar-refractivity contribution >= 4 is 46.7 Å². The molecule has 1 amide bonds. The Balaban J connectivity index is 1.31. The third kappa shape index (κ3) is 6.00. The van der Waals surface area contributed by atoms with Gasteiger partial charge in [0.15, 0.2) is 12.0 Å². The van der Waals surface area contributed by atoms with Crippen molar-refractivity contribution < 1.29 is 19.0 Å². The summed E-state index contributed by atoms with van der Waals surface area (Å²) in [6.45, 7) is 3.95. The summed E-state index contributed by atoms with van der Waals surface area (Å²) in [7, 11) is 0. The molecule has 0 spiro atoms. The third-order valence-electron chi connectivity index (χ3n) is 5.51. The normalized spacial score (nSPS) is 13.9. The fourth-order valence-electron chi connectivity index (χ4n) is 3.74. The number of carbonyl (C=O) groups excluding carboxylic acids is 1. The molecule has 35 heavy (non-hydrogen) atoms. The first kappa shape index (κ1) is 24.3. The van der Waals surface area contributed by atoms with Gasteiger partial charge in [0.25, 0.3) is 5.91 Å². The number of nitrogens with one attached hydrogen (secondary N) is 3. The summed E-state index contributed by atoms with van der Waals surface area (Å²) in [6.07, 6.45) is 1.33. The van der Waals surface area contributed by atoms with Crippen molar-refractivity contribution in [1.82, 2.24) is 20.3 Å². The molecule has 1 saturated heterocycles. The second kappa shape index (κ2) is 11.1. The number of aromatic nitrogens is 2. The van der Waals surface area contributed by atoms with Crippen LogP contribution in [0.25, 0.3) is 0 Å². The predicted octanol–water partition coefficient (Wildman–Crippen LogP) is 0.568. The summed E-state index contributed by atoms with van der Waals surface area (Å²) >= 11 is 1.31. The minimum atomic E-state index is -0.585. The standard InChI is InChI=1S/C22H25F2N9OS/c23-14-3-4-17(16(24)12-14)33-9-7-32(8-10-33)6-5-27-19-15(13-25)20(29-22(26)28-19)30-31-21(34)18-2-1-11-35-18/h1-4,11-13,25H,5-10H2,(H,31,34)(H4,26,27,28,29,30)/p+1. The minimum absolute atomic E-state index is 0.0147. The van der Waals surface area contributed by atoms with Crippen LogP contribution in [0.15, 0.2) is 35.7 Å². The highest BCUT2D eigenvalue weighted by Gasteiger charge is 2.20. The van der Waals surface area contributed by atoms with Crippen LogP contribution in [0.3, 0.4) is 0 Å². The smallest absolute Gasteiger partial charge is 0.279 e. The lowest BCUT2D eigenvalue weighted by molar-refractivity contribution is -0.104. The van der Waals surface area contributed by atoms with Crippen LogP contribution >= 0.6 is 11.3 Å². The van der Waals surface area contributed by atoms with Gasteiger partial charge < -0.3 is 16.0 Å². The number of nitrogen functional groups attached to an aromatic ring is 1. The molecule has 1 aromatic carbocycles. The van der Waals surface area contributed by atoms with Crippen molar-refractivity contribution in [3.8, 4) is 0 Å². The molecule has 1 aliphatic heterocycles. The number of thiophene rings is 1. The lowest BCUT2D eigenvalue weighted by Gasteiger charge is -2.36. The fraction of sp³-hybridized carbons (Fsp3) is 0.273. The number of hydrogen-bond donors (Lipinski definition) is 5. The monoisotopic (exact) mass is 502 g/mol. The van der Waals surface area contributed by atoms with Gasteiger partial charge in [0, 0.05) is 45.3 Å². The summed E-state index contributed by atoms with van der Waals surface area (Å²) in [5.41, 5.74) is 12.1. The maximum absolute atomic E-state index is 14.1. The molecule has 1 fully saturated rings. The van der Waals surface area contributed by atoms with Crippen LogP contribution in [0.2, 0.25) is 0 Å². The molecular formula is C22H26F2N9OS+. The lowest BCUT2D eigenvalue weighted by Crippen LogP contribution is -2.48. The Hall–Kier alpha value is -3.84. The van der Waals surface area contributed by atoms with Crippen LogP contribution in [0, 0.1) is 11.6 Å². The highest BCUT2D eigenvalue weighted by molar-refractivity contribution is 7.12. The van der Waals surface area contributed by atoms with Gasteiger partial charge in [-0.2, -0.15) is 9.97 Å². The largest absolute Gasteiger partial charge is 0.368 e. The molecule has 3 heterocycles. The number of rotatable bonds is 9. The van der Waals surface area contributed by atoms with Gasteiger partial charge in [0.05, 0.1) is 10.6 Å². The summed E-state index contributed by atoms with van der Waals surface area (Å²) < 4.78 is 27.2. The quantitative estimate of drug-likeness (QED) is 0.212. The van der Waals surface area contributed by atoms with Crippen molar-refractivity contribution in [2.45, 2.75) is 0 Å². The van der Waals surface area contributed by atoms with Gasteiger partial charge in [-0.3, -0.25) is 26.0 Å². The molecule has 0 bridgehead atoms. The first-order valence-corrected chi connectivity index (χ1v) is 11.8. The first-order valence-electron chi connectivity index (χ1n) is 10.9. The Morgan fingerprint density at radius 3 is 2.63 bits per heavy atom. The van der Waals surface area contributed by atoms with Crippen LogP contribution in [-0.4, -0.2) is 66.3 Å². The molecule has 0 aliphatic carbocycles. The number of hydrogen-bond acceptors (Lipinski definition) is 9. The van der Waals surface area contributed by atoms with Crippen LogP contribution in [0.4, 0.5) is 32.1 Å². The van der Waals surface area contributed by atoms with E-state index in [1.807, 2.05) is 4.90 Å². The molecule has 4 rings (SSSR count). The molecule has 1 aliphatic rings. The van der Waals surface area contributed by atoms with Gasteiger partial charge >= 0.3 is 0 Å². The lowest BCUT2D eigenvalue weighted by atomic mass is 10.2. The van der Waals surface area contributed by atoms with E-state index in [1.165, 1.54) is 29.7 Å². The molecule has 184 valence electrons. The summed E-state index contributed by atoms with van der Waals surface area (Å²) in [4.78, 5) is 25.2. The zero-order valence-corrected chi connectivity index (χ0v) is 19.6. The van der Waals surface area contributed by atoms with Crippen molar-refractivity contribution in [2.24, 2.45) is 0 Å². The minimum Gasteiger partial charge on any atom is -0.368 e. The number of hydrazine groups is 1. The molecule has 0 atom stereocenters. The van der Waals surface area contributed by atoms with E-state index < -0.39 is 11.6 Å². The van der Waals surface area contributed by atoms with E-state index in [4.69, 9.17) is 11.1 Å². The van der Waals surface area contributed by atoms with E-state index in [9.17, 15) is 13.6 Å². The summed E-state index contributed by atoms with van der Waals surface area (Å²) in [6, 6.07) is 7.13. The topological polar surface area (TPSA) is 137 Å². The zero-order valence-electron chi connectivity index (χ0n) is 18.8. The molecule has 2 aromatic heterocycles. The molecule has 3 aromatic rings. The van der Waals surface area contributed by atoms with Crippen molar-refractivity contribution in [3.63, 3.8) is 0 Å². The number of benzene rings is 1. The zero-order chi connectivity index (χ0) is 24.8. The number of nitrogens with two attached hydrogens (primary N) is 2. The van der Waals surface area contributed by atoms with Crippen molar-refractivity contribution in [3.05, 3.63) is 57.8 Å². The van der Waals surface area contributed by atoms with Crippen LogP contribution < -0.4 is 32.2 Å². The number of piperazine rings is 1. The van der Waals surface area contributed by atoms with E-state index in [0.29, 0.717) is 48.1 Å². The van der Waals surface area contributed by atoms with E-state index in [0.717, 1.165) is 19.2 Å². The Morgan fingerprint density at radius 1 is 1.17 bits per heavy atom. The predicted molar refractivity (Wildman–Crippen MR) is 132 cm³/mol. The first-order chi connectivity index (χ1) is 16.9. The number of carbonyl (C=O) groups is 1. The fourth-order valence-corrected chi connectivity index (χ4v) is 4.36. The highest BCUT2D eigenvalue weighted by Crippen LogP contribution is 2.22. The Morgan fingerprint density at radius 2 is 1.94 bits per heavy atom. The Bertz CT molecular complexity index is 1180. The molecule has 7 N–H and O–H groups in total. The average Bonchev–Trinajstić information content (AvgIpc) is 3.38. The molecule has 0 saturated carbocycles. The van der Waals surface area contributed by atoms with E-state index >= 15 is 0 Å². The molecule has 0 unspecified atom stereocenters. The van der Waals surface area contributed by atoms with Gasteiger partial charge in [0.2, 0.25) is 5.95 Å².